The molecule has 34 heavy (non-hydrogen) atoms. The normalized spacial score (nSPS) is 17.5. The third-order valence-electron chi connectivity index (χ3n) is 6.05. The summed E-state index contributed by atoms with van der Waals surface area (Å²) in [6.07, 6.45) is 0. The molecule has 1 aromatic heterocycles. The number of hydrogen-bond donors (Lipinski definition) is 0. The fraction of sp³-hybridized carbons (Fsp3) is 0.400. The lowest BCUT2D eigenvalue weighted by Crippen LogP contribution is -2.42. The number of thioether (sulfide) groups is 1. The summed E-state index contributed by atoms with van der Waals surface area (Å²) in [6.45, 7) is 5.88. The highest BCUT2D eigenvalue weighted by Gasteiger charge is 2.31. The van der Waals surface area contributed by atoms with Crippen molar-refractivity contribution in [1.82, 2.24) is 19.7 Å². The molecule has 2 aliphatic rings. The Balaban J connectivity index is 1.48. The van der Waals surface area contributed by atoms with Crippen LogP contribution in [0.4, 0.5) is 5.95 Å². The standard InChI is InChI=1S/C25H29N5O3S/c31-23(28-11-15-32-16-12-28)22(21-9-5-2-6-10-21)34-25-27-26-24(29-13-17-33-18-14-29)30(25)19-20-7-3-1-4-8-20/h1-10,22H,11-19H2/t22-/m0/s1. The van der Waals surface area contributed by atoms with E-state index in [9.17, 15) is 4.79 Å². The molecule has 2 aliphatic heterocycles. The first-order valence-corrected chi connectivity index (χ1v) is 12.6. The lowest BCUT2D eigenvalue weighted by molar-refractivity contribution is -0.134. The molecule has 2 aromatic carbocycles. The van der Waals surface area contributed by atoms with Gasteiger partial charge in [0.05, 0.1) is 33.0 Å². The number of carbonyl (C=O) groups excluding carboxylic acids is 1. The summed E-state index contributed by atoms with van der Waals surface area (Å²) in [5, 5.41) is 9.48. The number of morpholine rings is 2. The molecule has 0 saturated carbocycles. The van der Waals surface area contributed by atoms with Gasteiger partial charge < -0.3 is 19.3 Å². The van der Waals surface area contributed by atoms with Crippen LogP contribution in [0.2, 0.25) is 0 Å². The molecule has 8 nitrogen and oxygen atoms in total. The number of amides is 1. The van der Waals surface area contributed by atoms with Gasteiger partial charge in [0.1, 0.15) is 5.25 Å². The maximum Gasteiger partial charge on any atom is 0.240 e. The Morgan fingerprint density at radius 1 is 0.853 bits per heavy atom. The number of hydrogen-bond acceptors (Lipinski definition) is 7. The summed E-state index contributed by atoms with van der Waals surface area (Å²) in [4.78, 5) is 17.8. The zero-order valence-electron chi connectivity index (χ0n) is 19.1. The van der Waals surface area contributed by atoms with Crippen molar-refractivity contribution < 1.29 is 14.3 Å². The van der Waals surface area contributed by atoms with Crippen LogP contribution in [0.3, 0.4) is 0 Å². The molecule has 0 unspecified atom stereocenters. The van der Waals surface area contributed by atoms with Gasteiger partial charge in [0.25, 0.3) is 0 Å². The van der Waals surface area contributed by atoms with E-state index in [4.69, 9.17) is 9.47 Å². The van der Waals surface area contributed by atoms with Crippen LogP contribution in [0, 0.1) is 0 Å². The average molecular weight is 480 g/mol. The molecule has 0 aliphatic carbocycles. The second-order valence-electron chi connectivity index (χ2n) is 8.30. The van der Waals surface area contributed by atoms with Gasteiger partial charge in [0, 0.05) is 26.2 Å². The monoisotopic (exact) mass is 479 g/mol. The van der Waals surface area contributed by atoms with Crippen LogP contribution in [0.15, 0.2) is 65.8 Å². The highest BCUT2D eigenvalue weighted by molar-refractivity contribution is 8.00. The summed E-state index contributed by atoms with van der Waals surface area (Å²) in [5.41, 5.74) is 2.13. The van der Waals surface area contributed by atoms with Gasteiger partial charge in [0.15, 0.2) is 5.16 Å². The second-order valence-corrected chi connectivity index (χ2v) is 9.37. The zero-order valence-corrected chi connectivity index (χ0v) is 19.9. The lowest BCUT2D eigenvalue weighted by atomic mass is 10.1. The van der Waals surface area contributed by atoms with Gasteiger partial charge in [-0.05, 0) is 11.1 Å². The Labute approximate surface area is 203 Å². The zero-order chi connectivity index (χ0) is 23.2. The molecule has 2 saturated heterocycles. The van der Waals surface area contributed by atoms with Gasteiger partial charge in [-0.3, -0.25) is 9.36 Å². The van der Waals surface area contributed by atoms with Crippen molar-refractivity contribution in [2.75, 3.05) is 57.5 Å². The summed E-state index contributed by atoms with van der Waals surface area (Å²) in [7, 11) is 0. The predicted molar refractivity (Wildman–Crippen MR) is 131 cm³/mol. The van der Waals surface area contributed by atoms with Gasteiger partial charge in [-0.15, -0.1) is 10.2 Å². The van der Waals surface area contributed by atoms with Crippen LogP contribution in [-0.2, 0) is 20.8 Å². The first-order chi connectivity index (χ1) is 16.8. The molecule has 1 amide bonds. The van der Waals surface area contributed by atoms with Gasteiger partial charge in [-0.1, -0.05) is 72.4 Å². The smallest absolute Gasteiger partial charge is 0.240 e. The molecule has 178 valence electrons. The van der Waals surface area contributed by atoms with E-state index in [0.29, 0.717) is 46.1 Å². The first kappa shape index (κ1) is 22.9. The average Bonchev–Trinajstić information content (AvgIpc) is 3.31. The van der Waals surface area contributed by atoms with Gasteiger partial charge in [0.2, 0.25) is 11.9 Å². The molecule has 0 radical (unpaired) electrons. The van der Waals surface area contributed by atoms with Crippen molar-refractivity contribution >= 4 is 23.6 Å². The molecular weight excluding hydrogens is 450 g/mol. The molecule has 5 rings (SSSR count). The lowest BCUT2D eigenvalue weighted by Gasteiger charge is -2.30. The van der Waals surface area contributed by atoms with Crippen molar-refractivity contribution in [3.05, 3.63) is 71.8 Å². The number of nitrogens with zero attached hydrogens (tertiary/aromatic N) is 5. The highest BCUT2D eigenvalue weighted by atomic mass is 32.2. The Kier molecular flexibility index (Phi) is 7.43. The summed E-state index contributed by atoms with van der Waals surface area (Å²) < 4.78 is 13.1. The van der Waals surface area contributed by atoms with Crippen molar-refractivity contribution in [3.63, 3.8) is 0 Å². The fourth-order valence-electron chi connectivity index (χ4n) is 4.21. The number of ether oxygens (including phenoxy) is 2. The van der Waals surface area contributed by atoms with Gasteiger partial charge in [-0.25, -0.2) is 0 Å². The maximum atomic E-state index is 13.6. The summed E-state index contributed by atoms with van der Waals surface area (Å²) in [6, 6.07) is 20.2. The van der Waals surface area contributed by atoms with Gasteiger partial charge in [-0.2, -0.15) is 0 Å². The van der Waals surface area contributed by atoms with E-state index in [-0.39, 0.29) is 5.91 Å². The number of anilines is 1. The van der Waals surface area contributed by atoms with Crippen LogP contribution >= 0.6 is 11.8 Å². The topological polar surface area (TPSA) is 72.7 Å². The Bertz CT molecular complexity index is 1070. The third-order valence-corrected chi connectivity index (χ3v) is 7.27. The molecule has 0 spiro atoms. The second kappa shape index (κ2) is 11.0. The molecule has 1 atom stereocenters. The molecule has 0 bridgehead atoms. The first-order valence-electron chi connectivity index (χ1n) is 11.7. The van der Waals surface area contributed by atoms with Crippen LogP contribution in [0.5, 0.6) is 0 Å². The van der Waals surface area contributed by atoms with Crippen LogP contribution in [0.1, 0.15) is 16.4 Å². The maximum absolute atomic E-state index is 13.6. The SMILES string of the molecule is O=C([C@@H](Sc1nnc(N2CCOCC2)n1Cc1ccccc1)c1ccccc1)N1CCOCC1. The summed E-state index contributed by atoms with van der Waals surface area (Å²) >= 11 is 1.47. The van der Waals surface area contributed by atoms with E-state index >= 15 is 0 Å². The van der Waals surface area contributed by atoms with Crippen molar-refractivity contribution in [1.29, 1.82) is 0 Å². The van der Waals surface area contributed by atoms with Crippen molar-refractivity contribution in [3.8, 4) is 0 Å². The van der Waals surface area contributed by atoms with Crippen LogP contribution < -0.4 is 4.90 Å². The number of benzene rings is 2. The quantitative estimate of drug-likeness (QED) is 0.483. The van der Waals surface area contributed by atoms with Crippen LogP contribution in [0.25, 0.3) is 0 Å². The third kappa shape index (κ3) is 5.27. The van der Waals surface area contributed by atoms with Crippen LogP contribution in [-0.4, -0.2) is 78.2 Å². The van der Waals surface area contributed by atoms with E-state index in [1.54, 1.807) is 0 Å². The molecule has 2 fully saturated rings. The molecule has 9 heteroatoms. The molecule has 3 heterocycles. The van der Waals surface area contributed by atoms with E-state index < -0.39 is 5.25 Å². The van der Waals surface area contributed by atoms with E-state index in [0.717, 1.165) is 35.3 Å². The van der Waals surface area contributed by atoms with E-state index in [1.807, 2.05) is 53.4 Å². The van der Waals surface area contributed by atoms with E-state index in [2.05, 4.69) is 31.8 Å². The van der Waals surface area contributed by atoms with Crippen molar-refractivity contribution in [2.24, 2.45) is 0 Å². The minimum Gasteiger partial charge on any atom is -0.378 e. The number of carbonyl (C=O) groups is 1. The highest BCUT2D eigenvalue weighted by Crippen LogP contribution is 2.37. The predicted octanol–water partition coefficient (Wildman–Crippen LogP) is 2.86. The number of rotatable bonds is 7. The minimum atomic E-state index is -0.407. The van der Waals surface area contributed by atoms with Crippen molar-refractivity contribution in [2.45, 2.75) is 17.0 Å². The van der Waals surface area contributed by atoms with Gasteiger partial charge >= 0.3 is 0 Å². The minimum absolute atomic E-state index is 0.0849. The molecule has 0 N–H and O–H groups in total. The fourth-order valence-corrected chi connectivity index (χ4v) is 5.33. The molecule has 3 aromatic rings. The Morgan fingerprint density at radius 2 is 1.47 bits per heavy atom. The molecular formula is C25H29N5O3S. The number of aromatic nitrogens is 3. The van der Waals surface area contributed by atoms with E-state index in [1.165, 1.54) is 11.8 Å². The summed E-state index contributed by atoms with van der Waals surface area (Å²) in [5.74, 6) is 0.905. The largest absolute Gasteiger partial charge is 0.378 e. The Hall–Kier alpha value is -2.88. The Morgan fingerprint density at radius 3 is 2.15 bits per heavy atom.